The number of nitrogens with zero attached hydrogens (tertiary/aromatic N) is 1. The van der Waals surface area contributed by atoms with Crippen molar-refractivity contribution in [3.05, 3.63) is 75.7 Å². The predicted octanol–water partition coefficient (Wildman–Crippen LogP) is 3.71. The van der Waals surface area contributed by atoms with Gasteiger partial charge in [-0.15, -0.1) is 11.3 Å². The lowest BCUT2D eigenvalue weighted by atomic mass is 9.98. The van der Waals surface area contributed by atoms with Crippen LogP contribution in [-0.4, -0.2) is 40.8 Å². The predicted molar refractivity (Wildman–Crippen MR) is 127 cm³/mol. The van der Waals surface area contributed by atoms with Crippen molar-refractivity contribution in [2.24, 2.45) is 5.92 Å². The van der Waals surface area contributed by atoms with Crippen molar-refractivity contribution in [1.82, 2.24) is 15.8 Å². The average Bonchev–Trinajstić information content (AvgIpc) is 3.49. The minimum absolute atomic E-state index is 0.0337. The van der Waals surface area contributed by atoms with Gasteiger partial charge in [0.15, 0.2) is 6.10 Å². The van der Waals surface area contributed by atoms with Crippen molar-refractivity contribution >= 4 is 29.3 Å². The van der Waals surface area contributed by atoms with Crippen LogP contribution in [0.5, 0.6) is 0 Å². The Bertz CT molecular complexity index is 1230. The van der Waals surface area contributed by atoms with Gasteiger partial charge in [0.05, 0.1) is 12.7 Å². The molecule has 10 heteroatoms. The molecule has 9 nitrogen and oxygen atoms in total. The number of nitrogens with one attached hydrogen (secondary N) is 2. The van der Waals surface area contributed by atoms with Crippen molar-refractivity contribution in [2.45, 2.75) is 31.4 Å². The Morgan fingerprint density at radius 3 is 2.34 bits per heavy atom. The Labute approximate surface area is 205 Å². The van der Waals surface area contributed by atoms with E-state index in [9.17, 15) is 14.4 Å². The zero-order valence-electron chi connectivity index (χ0n) is 18.6. The summed E-state index contributed by atoms with van der Waals surface area (Å²) in [6, 6.07) is 16.2. The molecular weight excluding hydrogens is 470 g/mol. The van der Waals surface area contributed by atoms with Crippen LogP contribution in [-0.2, 0) is 20.9 Å². The topological polar surface area (TPSA) is 127 Å². The van der Waals surface area contributed by atoms with Crippen LogP contribution < -0.4 is 10.8 Å². The highest BCUT2D eigenvalue weighted by Crippen LogP contribution is 2.44. The molecule has 1 saturated carbocycles. The van der Waals surface area contributed by atoms with Crippen LogP contribution in [0.2, 0.25) is 0 Å². The maximum absolute atomic E-state index is 12.3. The number of hydroxylamine groups is 1. The number of carbonyl (C=O) groups is 3. The quantitative estimate of drug-likeness (QED) is 0.388. The number of ether oxygens (including phenoxy) is 1. The normalized spacial score (nSPS) is 15.1. The first-order chi connectivity index (χ1) is 17.0. The summed E-state index contributed by atoms with van der Waals surface area (Å²) in [5, 5.41) is 12.3. The molecule has 1 fully saturated rings. The number of carboxylic acid groups (broad SMARTS) is 1. The number of aliphatic carboxylic acids is 1. The Balaban J connectivity index is 1.11. The second-order valence-corrected chi connectivity index (χ2v) is 9.56. The second-order valence-electron chi connectivity index (χ2n) is 8.44. The van der Waals surface area contributed by atoms with Gasteiger partial charge in [-0.05, 0) is 41.0 Å². The van der Waals surface area contributed by atoms with E-state index in [2.05, 4.69) is 40.0 Å². The summed E-state index contributed by atoms with van der Waals surface area (Å²) in [7, 11) is 0. The molecule has 3 N–H and O–H groups in total. The number of carbonyl (C=O) groups excluding carboxylic acids is 2. The molecule has 0 spiro atoms. The van der Waals surface area contributed by atoms with Gasteiger partial charge in [0.2, 0.25) is 0 Å². The summed E-state index contributed by atoms with van der Waals surface area (Å²) in [5.74, 6) is -1.80. The fourth-order valence-corrected chi connectivity index (χ4v) is 4.95. The van der Waals surface area contributed by atoms with Crippen LogP contribution >= 0.6 is 11.3 Å². The van der Waals surface area contributed by atoms with Crippen molar-refractivity contribution in [1.29, 1.82) is 0 Å². The van der Waals surface area contributed by atoms with Crippen LogP contribution in [0, 0.1) is 5.92 Å². The molecule has 2 aromatic carbocycles. The largest absolute Gasteiger partial charge is 0.479 e. The van der Waals surface area contributed by atoms with Gasteiger partial charge in [0, 0.05) is 5.92 Å². The fourth-order valence-electron chi connectivity index (χ4n) is 4.21. The molecule has 3 aromatic rings. The third kappa shape index (κ3) is 5.03. The number of hydrogen-bond donors (Lipinski definition) is 3. The van der Waals surface area contributed by atoms with E-state index in [0.29, 0.717) is 5.01 Å². The molecule has 35 heavy (non-hydrogen) atoms. The molecule has 2 amide bonds. The average molecular weight is 494 g/mol. The van der Waals surface area contributed by atoms with Gasteiger partial charge in [0.1, 0.15) is 16.5 Å². The number of aromatic nitrogens is 1. The second kappa shape index (κ2) is 9.85. The lowest BCUT2D eigenvalue weighted by Crippen LogP contribution is -2.35. The van der Waals surface area contributed by atoms with Gasteiger partial charge >= 0.3 is 12.1 Å². The number of rotatable bonds is 9. The molecule has 0 aliphatic heterocycles. The first-order valence-electron chi connectivity index (χ1n) is 11.2. The van der Waals surface area contributed by atoms with E-state index in [1.807, 2.05) is 24.3 Å². The standard InChI is InChI=1S/C25H23N3O6S/c29-23(28-34-22(24(30)31)14-9-10-14)20-11-26-21(35-20)12-27-25(32)33-13-19-17-7-3-1-5-15(17)16-6-2-4-8-18(16)19/h1-8,11,14,19,22H,9-10,12-13H2,(H,27,32)(H,28,29)(H,30,31). The van der Waals surface area contributed by atoms with E-state index in [1.165, 1.54) is 6.20 Å². The zero-order valence-corrected chi connectivity index (χ0v) is 19.4. The summed E-state index contributed by atoms with van der Waals surface area (Å²) in [6.07, 6.45) is 1.25. The first kappa shape index (κ1) is 23.0. The molecule has 0 radical (unpaired) electrons. The van der Waals surface area contributed by atoms with E-state index in [-0.39, 0.29) is 29.9 Å². The van der Waals surface area contributed by atoms with Crippen LogP contribution in [0.15, 0.2) is 54.7 Å². The van der Waals surface area contributed by atoms with Gasteiger partial charge in [-0.25, -0.2) is 20.1 Å². The summed E-state index contributed by atoms with van der Waals surface area (Å²) >= 11 is 1.07. The number of fused-ring (bicyclic) bond motifs is 3. The van der Waals surface area contributed by atoms with E-state index < -0.39 is 24.1 Å². The van der Waals surface area contributed by atoms with Gasteiger partial charge in [0.25, 0.3) is 5.91 Å². The lowest BCUT2D eigenvalue weighted by Gasteiger charge is -2.14. The Morgan fingerprint density at radius 1 is 1.06 bits per heavy atom. The van der Waals surface area contributed by atoms with Gasteiger partial charge in [-0.2, -0.15) is 0 Å². The number of amides is 2. The van der Waals surface area contributed by atoms with Crippen molar-refractivity contribution < 1.29 is 29.1 Å². The van der Waals surface area contributed by atoms with E-state index in [0.717, 1.165) is 46.4 Å². The van der Waals surface area contributed by atoms with E-state index >= 15 is 0 Å². The zero-order chi connectivity index (χ0) is 24.4. The number of alkyl carbamates (subject to hydrolysis) is 1. The van der Waals surface area contributed by atoms with Crippen LogP contribution in [0.25, 0.3) is 11.1 Å². The van der Waals surface area contributed by atoms with Crippen molar-refractivity contribution in [3.8, 4) is 11.1 Å². The van der Waals surface area contributed by atoms with Gasteiger partial charge in [-0.3, -0.25) is 9.63 Å². The molecule has 1 aromatic heterocycles. The van der Waals surface area contributed by atoms with Crippen LogP contribution in [0.3, 0.4) is 0 Å². The highest BCUT2D eigenvalue weighted by Gasteiger charge is 2.38. The summed E-state index contributed by atoms with van der Waals surface area (Å²) < 4.78 is 5.50. The molecule has 5 rings (SSSR count). The molecule has 2 aliphatic rings. The molecule has 2 aliphatic carbocycles. The van der Waals surface area contributed by atoms with E-state index in [4.69, 9.17) is 14.7 Å². The maximum atomic E-state index is 12.3. The number of benzene rings is 2. The third-order valence-electron chi connectivity index (χ3n) is 6.08. The highest BCUT2D eigenvalue weighted by atomic mass is 32.1. The number of thiazole rings is 1. The molecule has 0 saturated heterocycles. The van der Waals surface area contributed by atoms with Crippen LogP contribution in [0.1, 0.15) is 44.6 Å². The van der Waals surface area contributed by atoms with Gasteiger partial charge < -0.3 is 15.2 Å². The molecule has 1 heterocycles. The van der Waals surface area contributed by atoms with E-state index in [1.54, 1.807) is 0 Å². The summed E-state index contributed by atoms with van der Waals surface area (Å²) in [5.41, 5.74) is 6.76. The summed E-state index contributed by atoms with van der Waals surface area (Å²) in [6.45, 7) is 0.295. The number of carboxylic acids is 1. The monoisotopic (exact) mass is 493 g/mol. The third-order valence-corrected chi connectivity index (χ3v) is 7.07. The molecular formula is C25H23N3O6S. The summed E-state index contributed by atoms with van der Waals surface area (Å²) in [4.78, 5) is 45.2. The highest BCUT2D eigenvalue weighted by molar-refractivity contribution is 7.13. The molecule has 1 unspecified atom stereocenters. The Kier molecular flexibility index (Phi) is 6.47. The lowest BCUT2D eigenvalue weighted by molar-refractivity contribution is -0.155. The molecule has 0 bridgehead atoms. The minimum Gasteiger partial charge on any atom is -0.479 e. The number of hydrogen-bond acceptors (Lipinski definition) is 7. The van der Waals surface area contributed by atoms with Gasteiger partial charge in [-0.1, -0.05) is 48.5 Å². The smallest absolute Gasteiger partial charge is 0.407 e. The van der Waals surface area contributed by atoms with Crippen molar-refractivity contribution in [2.75, 3.05) is 6.61 Å². The molecule has 1 atom stereocenters. The minimum atomic E-state index is -1.11. The van der Waals surface area contributed by atoms with Crippen LogP contribution in [0.4, 0.5) is 4.79 Å². The first-order valence-corrected chi connectivity index (χ1v) is 12.0. The molecule has 180 valence electrons. The fraction of sp³-hybridized carbons (Fsp3) is 0.280. The SMILES string of the molecule is O=C(NCc1ncc(C(=O)NOC(C(=O)O)C2CC2)s1)OCC1c2ccccc2-c2ccccc21. The van der Waals surface area contributed by atoms with Crippen molar-refractivity contribution in [3.63, 3.8) is 0 Å². The Morgan fingerprint density at radius 2 is 1.71 bits per heavy atom. The maximum Gasteiger partial charge on any atom is 0.407 e. The Hall–Kier alpha value is -3.76.